The summed E-state index contributed by atoms with van der Waals surface area (Å²) in [7, 11) is 0. The van der Waals surface area contributed by atoms with Crippen molar-refractivity contribution in [1.29, 1.82) is 0 Å². The summed E-state index contributed by atoms with van der Waals surface area (Å²) in [6.07, 6.45) is 2.16. The molecule has 0 aliphatic heterocycles. The van der Waals surface area contributed by atoms with Crippen molar-refractivity contribution in [1.82, 2.24) is 5.32 Å². The maximum Gasteiger partial charge on any atom is 0.123 e. The van der Waals surface area contributed by atoms with Crippen molar-refractivity contribution in [2.24, 2.45) is 0 Å². The maximum absolute atomic E-state index is 13.0. The Morgan fingerprint density at radius 1 is 1.10 bits per heavy atom. The molecule has 0 bridgehead atoms. The Balaban J connectivity index is 2.37. The summed E-state index contributed by atoms with van der Waals surface area (Å²) in [4.78, 5) is 0. The van der Waals surface area contributed by atoms with Gasteiger partial charge in [0.1, 0.15) is 5.82 Å². The molecule has 0 saturated heterocycles. The van der Waals surface area contributed by atoms with E-state index in [4.69, 9.17) is 9.47 Å². The van der Waals surface area contributed by atoms with Crippen LogP contribution in [0.5, 0.6) is 0 Å². The van der Waals surface area contributed by atoms with Gasteiger partial charge >= 0.3 is 0 Å². The number of benzene rings is 1. The summed E-state index contributed by atoms with van der Waals surface area (Å²) in [5, 5.41) is 3.26. The third-order valence-electron chi connectivity index (χ3n) is 3.01. The van der Waals surface area contributed by atoms with Crippen molar-refractivity contribution < 1.29 is 13.9 Å². The molecule has 0 aliphatic rings. The van der Waals surface area contributed by atoms with Gasteiger partial charge in [0.2, 0.25) is 0 Å². The monoisotopic (exact) mass is 283 g/mol. The first-order valence-electron chi connectivity index (χ1n) is 7.43. The van der Waals surface area contributed by atoms with Crippen LogP contribution in [0.25, 0.3) is 0 Å². The second kappa shape index (κ2) is 10.8. The highest BCUT2D eigenvalue weighted by molar-refractivity contribution is 5.19. The number of rotatable bonds is 11. The fraction of sp³-hybridized carbons (Fsp3) is 0.625. The van der Waals surface area contributed by atoms with Crippen molar-refractivity contribution in [2.75, 3.05) is 32.9 Å². The molecule has 1 aromatic carbocycles. The normalized spacial score (nSPS) is 12.6. The number of nitrogens with one attached hydrogen (secondary N) is 1. The first-order chi connectivity index (χ1) is 9.77. The van der Waals surface area contributed by atoms with Crippen LogP contribution in [0, 0.1) is 5.82 Å². The number of likely N-dealkylation sites (N-methyl/N-ethyl adjacent to an activating group) is 1. The molecule has 0 aromatic heterocycles. The Morgan fingerprint density at radius 3 is 2.50 bits per heavy atom. The second-order valence-corrected chi connectivity index (χ2v) is 4.68. The Kier molecular flexibility index (Phi) is 9.20. The number of hydrogen-bond donors (Lipinski definition) is 1. The molecule has 1 N–H and O–H groups in total. The molecule has 4 heteroatoms. The molecule has 114 valence electrons. The molecule has 0 radical (unpaired) electrons. The van der Waals surface area contributed by atoms with Crippen LogP contribution in [0.1, 0.15) is 38.4 Å². The average molecular weight is 283 g/mol. The zero-order valence-electron chi connectivity index (χ0n) is 12.5. The van der Waals surface area contributed by atoms with Gasteiger partial charge in [0, 0.05) is 13.2 Å². The van der Waals surface area contributed by atoms with Gasteiger partial charge in [0.25, 0.3) is 0 Å². The van der Waals surface area contributed by atoms with E-state index < -0.39 is 0 Å². The third-order valence-corrected chi connectivity index (χ3v) is 3.01. The maximum atomic E-state index is 13.0. The van der Waals surface area contributed by atoms with E-state index in [1.807, 2.05) is 0 Å². The highest BCUT2D eigenvalue weighted by Gasteiger charge is 2.11. The molecule has 1 rings (SSSR count). The van der Waals surface area contributed by atoms with Gasteiger partial charge in [-0.15, -0.1) is 0 Å². The van der Waals surface area contributed by atoms with E-state index in [0.717, 1.165) is 38.1 Å². The zero-order valence-corrected chi connectivity index (χ0v) is 12.5. The predicted octanol–water partition coefficient (Wildman–Crippen LogP) is 3.31. The minimum Gasteiger partial charge on any atom is -0.379 e. The Bertz CT molecular complexity index is 343. The Hall–Kier alpha value is -0.970. The molecule has 0 heterocycles. The summed E-state index contributed by atoms with van der Waals surface area (Å²) < 4.78 is 24.3. The van der Waals surface area contributed by atoms with Gasteiger partial charge < -0.3 is 14.8 Å². The molecule has 20 heavy (non-hydrogen) atoms. The van der Waals surface area contributed by atoms with Crippen molar-refractivity contribution in [3.63, 3.8) is 0 Å². The van der Waals surface area contributed by atoms with E-state index in [0.29, 0.717) is 13.2 Å². The molecule has 3 nitrogen and oxygen atoms in total. The standard InChI is InChI=1S/C16H26FNO2/c1-3-5-10-19-11-12-20-16(13-18-4-2)14-6-8-15(17)9-7-14/h6-9,16,18H,3-5,10-13H2,1-2H3. The first-order valence-corrected chi connectivity index (χ1v) is 7.43. The Morgan fingerprint density at radius 2 is 1.85 bits per heavy atom. The summed E-state index contributed by atoms with van der Waals surface area (Å²) in [5.41, 5.74) is 0.987. The summed E-state index contributed by atoms with van der Waals surface area (Å²) in [6, 6.07) is 6.48. The summed E-state index contributed by atoms with van der Waals surface area (Å²) in [6.45, 7) is 7.73. The van der Waals surface area contributed by atoms with Gasteiger partial charge in [0.05, 0.1) is 19.3 Å². The highest BCUT2D eigenvalue weighted by Crippen LogP contribution is 2.17. The number of ether oxygens (including phenoxy) is 2. The van der Waals surface area contributed by atoms with Crippen molar-refractivity contribution >= 4 is 0 Å². The molecule has 0 saturated carbocycles. The summed E-state index contributed by atoms with van der Waals surface area (Å²) in [5.74, 6) is -0.223. The fourth-order valence-corrected chi connectivity index (χ4v) is 1.82. The van der Waals surface area contributed by atoms with Crippen LogP contribution >= 0.6 is 0 Å². The largest absolute Gasteiger partial charge is 0.379 e. The van der Waals surface area contributed by atoms with Crippen molar-refractivity contribution in [3.8, 4) is 0 Å². The van der Waals surface area contributed by atoms with Crippen LogP contribution in [-0.2, 0) is 9.47 Å². The third kappa shape index (κ3) is 6.98. The van der Waals surface area contributed by atoms with Gasteiger partial charge in [-0.25, -0.2) is 4.39 Å². The first kappa shape index (κ1) is 17.1. The van der Waals surface area contributed by atoms with E-state index in [1.54, 1.807) is 12.1 Å². The van der Waals surface area contributed by atoms with Crippen LogP contribution in [0.15, 0.2) is 24.3 Å². The molecule has 1 aromatic rings. The molecule has 1 unspecified atom stereocenters. The number of hydrogen-bond acceptors (Lipinski definition) is 3. The molecule has 0 spiro atoms. The van der Waals surface area contributed by atoms with Gasteiger partial charge in [-0.3, -0.25) is 0 Å². The van der Waals surface area contributed by atoms with Gasteiger partial charge in [-0.2, -0.15) is 0 Å². The zero-order chi connectivity index (χ0) is 14.6. The lowest BCUT2D eigenvalue weighted by Gasteiger charge is -2.19. The van der Waals surface area contributed by atoms with Crippen LogP contribution in [0.3, 0.4) is 0 Å². The molecule has 0 fully saturated rings. The minimum atomic E-state index is -0.223. The number of unbranched alkanes of at least 4 members (excludes halogenated alkanes) is 1. The molecular weight excluding hydrogens is 257 g/mol. The molecule has 0 aliphatic carbocycles. The average Bonchev–Trinajstić information content (AvgIpc) is 2.47. The van der Waals surface area contributed by atoms with Gasteiger partial charge in [0.15, 0.2) is 0 Å². The van der Waals surface area contributed by atoms with E-state index in [1.165, 1.54) is 12.1 Å². The molecular formula is C16H26FNO2. The minimum absolute atomic E-state index is 0.0645. The van der Waals surface area contributed by atoms with Crippen LogP contribution in [0.2, 0.25) is 0 Å². The number of halogens is 1. The quantitative estimate of drug-likeness (QED) is 0.632. The van der Waals surface area contributed by atoms with Crippen molar-refractivity contribution in [2.45, 2.75) is 32.8 Å². The van der Waals surface area contributed by atoms with Crippen LogP contribution in [-0.4, -0.2) is 32.9 Å². The van der Waals surface area contributed by atoms with Crippen LogP contribution in [0.4, 0.5) is 4.39 Å². The van der Waals surface area contributed by atoms with E-state index in [2.05, 4.69) is 19.2 Å². The lowest BCUT2D eigenvalue weighted by molar-refractivity contribution is 0.00377. The predicted molar refractivity (Wildman–Crippen MR) is 79.4 cm³/mol. The SMILES string of the molecule is CCCCOCCOC(CNCC)c1ccc(F)cc1. The topological polar surface area (TPSA) is 30.5 Å². The van der Waals surface area contributed by atoms with E-state index in [-0.39, 0.29) is 11.9 Å². The van der Waals surface area contributed by atoms with Gasteiger partial charge in [-0.05, 0) is 30.7 Å². The van der Waals surface area contributed by atoms with Crippen LogP contribution < -0.4 is 5.32 Å². The second-order valence-electron chi connectivity index (χ2n) is 4.68. The van der Waals surface area contributed by atoms with E-state index in [9.17, 15) is 4.39 Å². The molecule has 1 atom stereocenters. The highest BCUT2D eigenvalue weighted by atomic mass is 19.1. The molecule has 0 amide bonds. The van der Waals surface area contributed by atoms with E-state index >= 15 is 0 Å². The smallest absolute Gasteiger partial charge is 0.123 e. The lowest BCUT2D eigenvalue weighted by Crippen LogP contribution is -2.24. The Labute approximate surface area is 121 Å². The fourth-order valence-electron chi connectivity index (χ4n) is 1.82. The van der Waals surface area contributed by atoms with Crippen molar-refractivity contribution in [3.05, 3.63) is 35.6 Å². The summed E-state index contributed by atoms with van der Waals surface area (Å²) >= 11 is 0. The lowest BCUT2D eigenvalue weighted by atomic mass is 10.1. The van der Waals surface area contributed by atoms with Gasteiger partial charge in [-0.1, -0.05) is 32.4 Å².